The molecule has 1 saturated carbocycles. The van der Waals surface area contributed by atoms with Crippen molar-refractivity contribution < 1.29 is 9.59 Å². The number of nitrogens with one attached hydrogen (secondary N) is 1. The summed E-state index contributed by atoms with van der Waals surface area (Å²) in [6.07, 6.45) is 2.08. The topological polar surface area (TPSA) is 49.4 Å². The van der Waals surface area contributed by atoms with Crippen LogP contribution in [-0.4, -0.2) is 28.8 Å². The van der Waals surface area contributed by atoms with E-state index in [1.807, 2.05) is 51.1 Å². The van der Waals surface area contributed by atoms with E-state index in [1.54, 1.807) is 4.90 Å². The molecule has 4 heteroatoms. The van der Waals surface area contributed by atoms with Gasteiger partial charge < -0.3 is 10.2 Å². The van der Waals surface area contributed by atoms with Crippen LogP contribution in [0, 0.1) is 11.3 Å². The molecule has 1 heterocycles. The second-order valence-corrected chi connectivity index (χ2v) is 7.54. The van der Waals surface area contributed by atoms with E-state index < -0.39 is 6.04 Å². The maximum absolute atomic E-state index is 12.9. The Morgan fingerprint density at radius 2 is 1.77 bits per heavy atom. The third kappa shape index (κ3) is 2.87. The van der Waals surface area contributed by atoms with Gasteiger partial charge in [0.25, 0.3) is 0 Å². The number of nitrogens with zero attached hydrogens (tertiary/aromatic N) is 1. The largest absolute Gasteiger partial charge is 0.342 e. The lowest BCUT2D eigenvalue weighted by Crippen LogP contribution is -2.66. The molecular formula is C18H24N2O2. The second-order valence-electron chi connectivity index (χ2n) is 7.54. The van der Waals surface area contributed by atoms with Gasteiger partial charge in [-0.05, 0) is 29.7 Å². The first-order valence-corrected chi connectivity index (χ1v) is 8.03. The predicted molar refractivity (Wildman–Crippen MR) is 84.9 cm³/mol. The zero-order valence-corrected chi connectivity index (χ0v) is 13.5. The smallest absolute Gasteiger partial charge is 0.246 e. The van der Waals surface area contributed by atoms with E-state index in [9.17, 15) is 9.59 Å². The molecule has 1 N–H and O–H groups in total. The van der Waals surface area contributed by atoms with E-state index in [1.165, 1.54) is 0 Å². The fourth-order valence-electron chi connectivity index (χ4n) is 3.30. The lowest BCUT2D eigenvalue weighted by Gasteiger charge is -2.45. The Bertz CT molecular complexity index is 572. The molecule has 22 heavy (non-hydrogen) atoms. The average molecular weight is 300 g/mol. The number of benzene rings is 1. The minimum atomic E-state index is -0.421. The van der Waals surface area contributed by atoms with Crippen LogP contribution < -0.4 is 5.32 Å². The van der Waals surface area contributed by atoms with E-state index in [2.05, 4.69) is 5.32 Å². The molecule has 2 fully saturated rings. The summed E-state index contributed by atoms with van der Waals surface area (Å²) in [5.41, 5.74) is 0.776. The molecule has 4 nitrogen and oxygen atoms in total. The Kier molecular flexibility index (Phi) is 3.71. The Balaban J connectivity index is 1.91. The van der Waals surface area contributed by atoms with E-state index in [0.717, 1.165) is 18.4 Å². The first-order chi connectivity index (χ1) is 10.4. The molecule has 1 saturated heterocycles. The number of amides is 2. The number of piperazine rings is 1. The van der Waals surface area contributed by atoms with Crippen molar-refractivity contribution >= 4 is 11.8 Å². The van der Waals surface area contributed by atoms with Crippen molar-refractivity contribution in [1.29, 1.82) is 0 Å². The Morgan fingerprint density at radius 1 is 1.14 bits per heavy atom. The molecular weight excluding hydrogens is 276 g/mol. The van der Waals surface area contributed by atoms with Crippen molar-refractivity contribution in [1.82, 2.24) is 10.2 Å². The van der Waals surface area contributed by atoms with E-state index in [-0.39, 0.29) is 23.3 Å². The van der Waals surface area contributed by atoms with Gasteiger partial charge in [-0.25, -0.2) is 0 Å². The summed E-state index contributed by atoms with van der Waals surface area (Å²) in [7, 11) is 0. The maximum Gasteiger partial charge on any atom is 0.246 e. The molecule has 1 aliphatic carbocycles. The van der Waals surface area contributed by atoms with Crippen LogP contribution in [0.3, 0.4) is 0 Å². The monoisotopic (exact) mass is 300 g/mol. The van der Waals surface area contributed by atoms with Gasteiger partial charge in [0.05, 0.1) is 0 Å². The van der Waals surface area contributed by atoms with Crippen molar-refractivity contribution in [3.63, 3.8) is 0 Å². The summed E-state index contributed by atoms with van der Waals surface area (Å²) in [6.45, 7) is 6.54. The van der Waals surface area contributed by atoms with E-state index in [4.69, 9.17) is 0 Å². The molecule has 118 valence electrons. The first-order valence-electron chi connectivity index (χ1n) is 8.03. The number of hydrogen-bond acceptors (Lipinski definition) is 2. The molecule has 0 radical (unpaired) electrons. The summed E-state index contributed by atoms with van der Waals surface area (Å²) in [5, 5.41) is 2.97. The quantitative estimate of drug-likeness (QED) is 0.931. The molecule has 0 aromatic heterocycles. The summed E-state index contributed by atoms with van der Waals surface area (Å²) in [5.74, 6) is 0.390. The molecule has 1 aromatic rings. The van der Waals surface area contributed by atoms with Crippen molar-refractivity contribution in [3.8, 4) is 0 Å². The van der Waals surface area contributed by atoms with Gasteiger partial charge in [-0.15, -0.1) is 0 Å². The molecule has 2 amide bonds. The van der Waals surface area contributed by atoms with Crippen molar-refractivity contribution in [2.24, 2.45) is 11.3 Å². The Hall–Kier alpha value is -1.84. The van der Waals surface area contributed by atoms with Gasteiger partial charge in [-0.2, -0.15) is 0 Å². The van der Waals surface area contributed by atoms with Crippen LogP contribution >= 0.6 is 0 Å². The minimum absolute atomic E-state index is 0.0140. The zero-order chi connectivity index (χ0) is 15.9. The van der Waals surface area contributed by atoms with Crippen LogP contribution in [0.4, 0.5) is 0 Å². The van der Waals surface area contributed by atoms with Gasteiger partial charge in [0.2, 0.25) is 11.8 Å². The normalized spacial score (nSPS) is 26.0. The highest BCUT2D eigenvalue weighted by Gasteiger charge is 2.50. The first kappa shape index (κ1) is 15.1. The fourth-order valence-corrected chi connectivity index (χ4v) is 3.30. The fraction of sp³-hybridized carbons (Fsp3) is 0.556. The Labute approximate surface area is 131 Å². The van der Waals surface area contributed by atoms with Crippen molar-refractivity contribution in [3.05, 3.63) is 35.9 Å². The summed E-state index contributed by atoms with van der Waals surface area (Å²) in [6, 6.07) is 9.16. The van der Waals surface area contributed by atoms with Crippen molar-refractivity contribution in [2.45, 2.75) is 52.2 Å². The molecule has 0 bridgehead atoms. The van der Waals surface area contributed by atoms with Gasteiger partial charge in [-0.1, -0.05) is 51.1 Å². The predicted octanol–water partition coefficient (Wildman–Crippen LogP) is 2.34. The standard InChI is InChI=1S/C18H24N2O2/c1-18(2,3)15-16(21)19-14(13-9-10-13)17(22)20(15)11-12-7-5-4-6-8-12/h4-8,13-15H,9-11H2,1-3H3,(H,19,21). The summed E-state index contributed by atoms with van der Waals surface area (Å²) < 4.78 is 0. The minimum Gasteiger partial charge on any atom is -0.342 e. The molecule has 0 spiro atoms. The second kappa shape index (κ2) is 5.41. The van der Waals surface area contributed by atoms with Crippen LogP contribution in [0.15, 0.2) is 30.3 Å². The van der Waals surface area contributed by atoms with Crippen LogP contribution in [0.1, 0.15) is 39.2 Å². The van der Waals surface area contributed by atoms with Gasteiger partial charge in [0.15, 0.2) is 0 Å². The molecule has 1 aliphatic heterocycles. The number of carbonyl (C=O) groups excluding carboxylic acids is 2. The number of hydrogen-bond donors (Lipinski definition) is 1. The number of carbonyl (C=O) groups is 2. The highest BCUT2D eigenvalue weighted by molar-refractivity contribution is 5.97. The van der Waals surface area contributed by atoms with Crippen molar-refractivity contribution in [2.75, 3.05) is 0 Å². The van der Waals surface area contributed by atoms with Gasteiger partial charge in [-0.3, -0.25) is 9.59 Å². The van der Waals surface area contributed by atoms with Crippen LogP contribution in [0.25, 0.3) is 0 Å². The van der Waals surface area contributed by atoms with Crippen LogP contribution in [0.5, 0.6) is 0 Å². The average Bonchev–Trinajstić information content (AvgIpc) is 3.26. The van der Waals surface area contributed by atoms with E-state index in [0.29, 0.717) is 12.5 Å². The highest BCUT2D eigenvalue weighted by Crippen LogP contribution is 2.37. The summed E-state index contributed by atoms with van der Waals surface area (Å²) in [4.78, 5) is 27.3. The molecule has 3 rings (SSSR count). The van der Waals surface area contributed by atoms with Crippen LogP contribution in [0.2, 0.25) is 0 Å². The SMILES string of the molecule is CC(C)(C)C1C(=O)NC(C2CC2)C(=O)N1Cc1ccccc1. The molecule has 1 aromatic carbocycles. The van der Waals surface area contributed by atoms with Gasteiger partial charge >= 0.3 is 0 Å². The summed E-state index contributed by atoms with van der Waals surface area (Å²) >= 11 is 0. The zero-order valence-electron chi connectivity index (χ0n) is 13.5. The number of rotatable bonds is 3. The lowest BCUT2D eigenvalue weighted by atomic mass is 9.82. The lowest BCUT2D eigenvalue weighted by molar-refractivity contribution is -0.155. The Morgan fingerprint density at radius 3 is 2.32 bits per heavy atom. The van der Waals surface area contributed by atoms with E-state index >= 15 is 0 Å². The van der Waals surface area contributed by atoms with Crippen LogP contribution in [-0.2, 0) is 16.1 Å². The van der Waals surface area contributed by atoms with Gasteiger partial charge in [0, 0.05) is 6.54 Å². The third-order valence-corrected chi connectivity index (χ3v) is 4.52. The van der Waals surface area contributed by atoms with Gasteiger partial charge in [0.1, 0.15) is 12.1 Å². The molecule has 2 aliphatic rings. The highest BCUT2D eigenvalue weighted by atomic mass is 16.2. The maximum atomic E-state index is 12.9. The third-order valence-electron chi connectivity index (χ3n) is 4.52. The molecule has 2 unspecified atom stereocenters. The molecule has 2 atom stereocenters.